The molecule has 2 N–H and O–H groups in total. The second-order valence-corrected chi connectivity index (χ2v) is 6.10. The first-order chi connectivity index (χ1) is 6.69. The molecule has 0 bridgehead atoms. The van der Waals surface area contributed by atoms with Crippen LogP contribution in [-0.2, 0) is 0 Å². The molecule has 0 aromatic carbocycles. The van der Waals surface area contributed by atoms with Crippen molar-refractivity contribution in [2.75, 3.05) is 13.6 Å². The molecule has 0 heterocycles. The first-order valence-electron chi connectivity index (χ1n) is 6.12. The lowest BCUT2D eigenvalue weighted by molar-refractivity contribution is 0.0367. The van der Waals surface area contributed by atoms with Crippen LogP contribution in [0.15, 0.2) is 0 Å². The van der Waals surface area contributed by atoms with E-state index in [9.17, 15) is 0 Å². The van der Waals surface area contributed by atoms with Gasteiger partial charge in [-0.25, -0.2) is 0 Å². The zero-order valence-corrected chi connectivity index (χ0v) is 11.7. The smallest absolute Gasteiger partial charge is 0.0303 e. The summed E-state index contributed by atoms with van der Waals surface area (Å²) in [6.45, 7) is 14.4. The number of nitrogens with two attached hydrogens (primary N) is 1. The molecule has 0 amide bonds. The molecule has 15 heavy (non-hydrogen) atoms. The molecule has 0 aromatic heterocycles. The van der Waals surface area contributed by atoms with E-state index in [0.29, 0.717) is 11.5 Å². The fourth-order valence-corrected chi connectivity index (χ4v) is 2.01. The third-order valence-electron chi connectivity index (χ3n) is 3.91. The van der Waals surface area contributed by atoms with Crippen LogP contribution in [0, 0.1) is 5.41 Å². The van der Waals surface area contributed by atoms with Gasteiger partial charge in [0.2, 0.25) is 0 Å². The highest BCUT2D eigenvalue weighted by Gasteiger charge is 2.34. The van der Waals surface area contributed by atoms with E-state index in [4.69, 9.17) is 5.73 Å². The molecule has 2 nitrogen and oxygen atoms in total. The van der Waals surface area contributed by atoms with Gasteiger partial charge in [0.15, 0.2) is 0 Å². The van der Waals surface area contributed by atoms with E-state index in [2.05, 4.69) is 53.5 Å². The maximum Gasteiger partial charge on any atom is 0.0303 e. The van der Waals surface area contributed by atoms with Crippen LogP contribution in [0.5, 0.6) is 0 Å². The van der Waals surface area contributed by atoms with Gasteiger partial charge in [-0.3, -0.25) is 4.90 Å². The molecule has 2 heteroatoms. The maximum absolute atomic E-state index is 5.93. The summed E-state index contributed by atoms with van der Waals surface area (Å²) in [6.07, 6.45) is 2.36. The van der Waals surface area contributed by atoms with Crippen molar-refractivity contribution in [3.8, 4) is 0 Å². The average molecular weight is 214 g/mol. The standard InChI is InChI=1S/C13H30N2/c1-8-9-13(6,10-14)15(7)11(2)12(3,4)5/h11H,8-10,14H2,1-7H3. The van der Waals surface area contributed by atoms with Crippen LogP contribution < -0.4 is 5.73 Å². The minimum absolute atomic E-state index is 0.140. The van der Waals surface area contributed by atoms with Crippen LogP contribution >= 0.6 is 0 Å². The van der Waals surface area contributed by atoms with Crippen LogP contribution in [0.2, 0.25) is 0 Å². The summed E-state index contributed by atoms with van der Waals surface area (Å²) in [7, 11) is 2.21. The lowest BCUT2D eigenvalue weighted by atomic mass is 9.83. The number of rotatable bonds is 5. The zero-order chi connectivity index (χ0) is 12.3. The van der Waals surface area contributed by atoms with E-state index in [1.54, 1.807) is 0 Å². The summed E-state index contributed by atoms with van der Waals surface area (Å²) in [6, 6.07) is 0.539. The third kappa shape index (κ3) is 3.76. The summed E-state index contributed by atoms with van der Waals surface area (Å²) in [5, 5.41) is 0. The number of likely N-dealkylation sites (N-methyl/N-ethyl adjacent to an activating group) is 1. The fraction of sp³-hybridized carbons (Fsp3) is 1.00. The van der Waals surface area contributed by atoms with E-state index < -0.39 is 0 Å². The Kier molecular flexibility index (Phi) is 5.28. The topological polar surface area (TPSA) is 29.3 Å². The van der Waals surface area contributed by atoms with Crippen LogP contribution in [0.1, 0.15) is 54.4 Å². The van der Waals surface area contributed by atoms with Crippen molar-refractivity contribution in [1.29, 1.82) is 0 Å². The molecular weight excluding hydrogens is 184 g/mol. The molecule has 0 aliphatic rings. The van der Waals surface area contributed by atoms with Crippen molar-refractivity contribution in [2.24, 2.45) is 11.1 Å². The number of hydrogen-bond donors (Lipinski definition) is 1. The lowest BCUT2D eigenvalue weighted by Gasteiger charge is -2.46. The normalized spacial score (nSPS) is 19.0. The van der Waals surface area contributed by atoms with Gasteiger partial charge in [-0.15, -0.1) is 0 Å². The van der Waals surface area contributed by atoms with E-state index >= 15 is 0 Å². The zero-order valence-electron chi connectivity index (χ0n) is 11.7. The Bertz CT molecular complexity index is 183. The molecule has 2 unspecified atom stereocenters. The predicted molar refractivity (Wildman–Crippen MR) is 69.0 cm³/mol. The SMILES string of the molecule is CCCC(C)(CN)N(C)C(C)C(C)(C)C. The Balaban J connectivity index is 4.71. The van der Waals surface area contributed by atoms with Crippen molar-refractivity contribution >= 4 is 0 Å². The molecule has 0 radical (unpaired) electrons. The predicted octanol–water partition coefficient (Wildman–Crippen LogP) is 2.87. The minimum atomic E-state index is 0.140. The molecule has 0 rings (SSSR count). The Morgan fingerprint density at radius 1 is 1.20 bits per heavy atom. The van der Waals surface area contributed by atoms with Gasteiger partial charge in [0.05, 0.1) is 0 Å². The van der Waals surface area contributed by atoms with Gasteiger partial charge in [0.25, 0.3) is 0 Å². The summed E-state index contributed by atoms with van der Waals surface area (Å²) >= 11 is 0. The van der Waals surface area contributed by atoms with Gasteiger partial charge in [0.1, 0.15) is 0 Å². The molecule has 0 saturated carbocycles. The van der Waals surface area contributed by atoms with Crippen LogP contribution in [0.4, 0.5) is 0 Å². The minimum Gasteiger partial charge on any atom is -0.329 e. The first kappa shape index (κ1) is 14.9. The molecule has 0 aliphatic carbocycles. The van der Waals surface area contributed by atoms with Crippen molar-refractivity contribution < 1.29 is 0 Å². The average Bonchev–Trinajstić information content (AvgIpc) is 2.14. The monoisotopic (exact) mass is 214 g/mol. The maximum atomic E-state index is 5.93. The molecule has 0 saturated heterocycles. The Morgan fingerprint density at radius 3 is 1.93 bits per heavy atom. The molecule has 0 spiro atoms. The molecule has 2 atom stereocenters. The van der Waals surface area contributed by atoms with Crippen molar-refractivity contribution in [3.63, 3.8) is 0 Å². The van der Waals surface area contributed by atoms with E-state index in [0.717, 1.165) is 6.54 Å². The van der Waals surface area contributed by atoms with Gasteiger partial charge in [-0.05, 0) is 32.7 Å². The second-order valence-electron chi connectivity index (χ2n) is 6.10. The summed E-state index contributed by atoms with van der Waals surface area (Å²) in [5.74, 6) is 0. The Hall–Kier alpha value is -0.0800. The third-order valence-corrected chi connectivity index (χ3v) is 3.91. The molecular formula is C13H30N2. The summed E-state index contributed by atoms with van der Waals surface area (Å²) < 4.78 is 0. The Morgan fingerprint density at radius 2 is 1.67 bits per heavy atom. The van der Waals surface area contributed by atoms with E-state index in [1.165, 1.54) is 12.8 Å². The molecule has 92 valence electrons. The highest BCUT2D eigenvalue weighted by atomic mass is 15.2. The van der Waals surface area contributed by atoms with Gasteiger partial charge in [-0.1, -0.05) is 34.1 Å². The number of nitrogens with zero attached hydrogens (tertiary/aromatic N) is 1. The van der Waals surface area contributed by atoms with Crippen LogP contribution in [0.3, 0.4) is 0 Å². The van der Waals surface area contributed by atoms with Crippen molar-refractivity contribution in [1.82, 2.24) is 4.90 Å². The largest absolute Gasteiger partial charge is 0.329 e. The lowest BCUT2D eigenvalue weighted by Crippen LogP contribution is -2.56. The number of hydrogen-bond acceptors (Lipinski definition) is 2. The van der Waals surface area contributed by atoms with Gasteiger partial charge in [0, 0.05) is 18.1 Å². The van der Waals surface area contributed by atoms with Crippen molar-refractivity contribution in [3.05, 3.63) is 0 Å². The highest BCUT2D eigenvalue weighted by molar-refractivity contribution is 4.91. The first-order valence-corrected chi connectivity index (χ1v) is 6.12. The molecule has 0 aliphatic heterocycles. The van der Waals surface area contributed by atoms with Gasteiger partial charge >= 0.3 is 0 Å². The second kappa shape index (κ2) is 5.31. The Labute approximate surface area is 96.2 Å². The van der Waals surface area contributed by atoms with Crippen LogP contribution in [0.25, 0.3) is 0 Å². The quantitative estimate of drug-likeness (QED) is 0.762. The highest BCUT2D eigenvalue weighted by Crippen LogP contribution is 2.29. The molecule has 0 aromatic rings. The van der Waals surface area contributed by atoms with Crippen molar-refractivity contribution in [2.45, 2.75) is 66.0 Å². The summed E-state index contributed by atoms with van der Waals surface area (Å²) in [4.78, 5) is 2.45. The van der Waals surface area contributed by atoms with Gasteiger partial charge < -0.3 is 5.73 Å². The fourth-order valence-electron chi connectivity index (χ4n) is 2.01. The van der Waals surface area contributed by atoms with Gasteiger partial charge in [-0.2, -0.15) is 0 Å². The molecule has 0 fully saturated rings. The van der Waals surface area contributed by atoms with E-state index in [1.807, 2.05) is 0 Å². The summed E-state index contributed by atoms with van der Waals surface area (Å²) in [5.41, 5.74) is 6.38. The van der Waals surface area contributed by atoms with Crippen LogP contribution in [-0.4, -0.2) is 30.1 Å². The van der Waals surface area contributed by atoms with E-state index in [-0.39, 0.29) is 5.54 Å².